The minimum Gasteiger partial charge on any atom is -0.493 e. The highest BCUT2D eigenvalue weighted by molar-refractivity contribution is 6.02. The predicted molar refractivity (Wildman–Crippen MR) is 90.1 cm³/mol. The van der Waals surface area contributed by atoms with Gasteiger partial charge in [-0.25, -0.2) is 8.78 Å². The first-order valence-corrected chi connectivity index (χ1v) is 7.23. The Morgan fingerprint density at radius 1 is 1.00 bits per heavy atom. The summed E-state index contributed by atoms with van der Waals surface area (Å²) in [4.78, 5) is 11.9. The number of halogens is 2. The Labute approximate surface area is 143 Å². The summed E-state index contributed by atoms with van der Waals surface area (Å²) in [7, 11) is 4.43. The maximum atomic E-state index is 13.5. The molecule has 2 aromatic carbocycles. The van der Waals surface area contributed by atoms with Crippen LogP contribution < -0.4 is 19.5 Å². The molecule has 1 N–H and O–H groups in total. The molecule has 0 saturated carbocycles. The molecule has 0 saturated heterocycles. The molecule has 0 fully saturated rings. The summed E-state index contributed by atoms with van der Waals surface area (Å²) in [5.41, 5.74) is 0.449. The van der Waals surface area contributed by atoms with E-state index >= 15 is 0 Å². The quantitative estimate of drug-likeness (QED) is 0.809. The first-order valence-electron chi connectivity index (χ1n) is 7.23. The molecule has 0 spiro atoms. The molecule has 2 rings (SSSR count). The van der Waals surface area contributed by atoms with E-state index in [1.165, 1.54) is 33.5 Å². The average molecular weight is 349 g/mol. The van der Waals surface area contributed by atoms with Crippen LogP contribution >= 0.6 is 0 Å². The van der Waals surface area contributed by atoms with Gasteiger partial charge in [0.1, 0.15) is 11.6 Å². The van der Waals surface area contributed by atoms with E-state index in [2.05, 4.69) is 5.32 Å². The monoisotopic (exact) mass is 349 g/mol. The molecule has 0 radical (unpaired) electrons. The standard InChI is InChI=1S/C18H17F2NO4/c1-23-15-8-4-11(17(24-2)18(15)25-3)5-9-16(22)21-14-7-6-12(19)10-13(14)20/h4-10H,1-3H3,(H,21,22)/b9-5+. The molecule has 2 aromatic rings. The Morgan fingerprint density at radius 2 is 1.72 bits per heavy atom. The average Bonchev–Trinajstić information content (AvgIpc) is 2.61. The molecule has 7 heteroatoms. The van der Waals surface area contributed by atoms with Crippen LogP contribution in [0.1, 0.15) is 5.56 Å². The van der Waals surface area contributed by atoms with Crippen molar-refractivity contribution in [3.05, 3.63) is 53.6 Å². The third kappa shape index (κ3) is 4.26. The lowest BCUT2D eigenvalue weighted by atomic mass is 10.1. The Morgan fingerprint density at radius 3 is 2.32 bits per heavy atom. The van der Waals surface area contributed by atoms with Crippen LogP contribution in [0.4, 0.5) is 14.5 Å². The Bertz CT molecular complexity index is 806. The van der Waals surface area contributed by atoms with Gasteiger partial charge in [0.2, 0.25) is 11.7 Å². The van der Waals surface area contributed by atoms with Crippen molar-refractivity contribution >= 4 is 17.7 Å². The molecule has 0 aliphatic heterocycles. The predicted octanol–water partition coefficient (Wildman–Crippen LogP) is 3.64. The number of nitrogens with one attached hydrogen (secondary N) is 1. The summed E-state index contributed by atoms with van der Waals surface area (Å²) in [5, 5.41) is 2.33. The van der Waals surface area contributed by atoms with Crippen LogP contribution in [0, 0.1) is 11.6 Å². The zero-order valence-corrected chi connectivity index (χ0v) is 13.9. The van der Waals surface area contributed by atoms with Gasteiger partial charge in [0.15, 0.2) is 11.5 Å². The number of hydrogen-bond acceptors (Lipinski definition) is 4. The van der Waals surface area contributed by atoms with Crippen molar-refractivity contribution in [2.45, 2.75) is 0 Å². The molecule has 0 aromatic heterocycles. The fourth-order valence-electron chi connectivity index (χ4n) is 2.19. The van der Waals surface area contributed by atoms with Crippen LogP contribution in [0.25, 0.3) is 6.08 Å². The van der Waals surface area contributed by atoms with E-state index in [1.54, 1.807) is 12.1 Å². The molecule has 0 atom stereocenters. The number of methoxy groups -OCH3 is 3. The van der Waals surface area contributed by atoms with Crippen LogP contribution in [0.15, 0.2) is 36.4 Å². The summed E-state index contributed by atoms with van der Waals surface area (Å²) in [6.07, 6.45) is 2.68. The molecule has 1 amide bonds. The van der Waals surface area contributed by atoms with Crippen molar-refractivity contribution in [3.63, 3.8) is 0 Å². The normalized spacial score (nSPS) is 10.6. The van der Waals surface area contributed by atoms with Crippen LogP contribution in [-0.4, -0.2) is 27.2 Å². The van der Waals surface area contributed by atoms with Gasteiger partial charge < -0.3 is 19.5 Å². The highest BCUT2D eigenvalue weighted by Gasteiger charge is 2.14. The maximum absolute atomic E-state index is 13.5. The van der Waals surface area contributed by atoms with Crippen molar-refractivity contribution in [2.24, 2.45) is 0 Å². The third-order valence-corrected chi connectivity index (χ3v) is 3.34. The van der Waals surface area contributed by atoms with Gasteiger partial charge in [-0.2, -0.15) is 0 Å². The zero-order valence-electron chi connectivity index (χ0n) is 13.9. The van der Waals surface area contributed by atoms with Crippen LogP contribution in [0.3, 0.4) is 0 Å². The molecule has 0 aliphatic carbocycles. The fraction of sp³-hybridized carbons (Fsp3) is 0.167. The van der Waals surface area contributed by atoms with Gasteiger partial charge >= 0.3 is 0 Å². The van der Waals surface area contributed by atoms with Crippen molar-refractivity contribution < 1.29 is 27.8 Å². The molecule has 0 unspecified atom stereocenters. The molecular formula is C18H17F2NO4. The van der Waals surface area contributed by atoms with Gasteiger partial charge in [0, 0.05) is 17.7 Å². The largest absolute Gasteiger partial charge is 0.493 e. The lowest BCUT2D eigenvalue weighted by Gasteiger charge is -2.14. The summed E-state index contributed by atoms with van der Waals surface area (Å²) in [5.74, 6) is -0.903. The number of anilines is 1. The van der Waals surface area contributed by atoms with Gasteiger partial charge in [-0.15, -0.1) is 0 Å². The fourth-order valence-corrected chi connectivity index (χ4v) is 2.19. The van der Waals surface area contributed by atoms with E-state index in [1.807, 2.05) is 0 Å². The number of benzene rings is 2. The van der Waals surface area contributed by atoms with Crippen LogP contribution in [-0.2, 0) is 4.79 Å². The van der Waals surface area contributed by atoms with E-state index in [9.17, 15) is 13.6 Å². The molecule has 132 valence electrons. The van der Waals surface area contributed by atoms with E-state index in [-0.39, 0.29) is 5.69 Å². The molecule has 5 nitrogen and oxygen atoms in total. The zero-order chi connectivity index (χ0) is 18.4. The van der Waals surface area contributed by atoms with Crippen LogP contribution in [0.2, 0.25) is 0 Å². The number of ether oxygens (including phenoxy) is 3. The second kappa shape index (κ2) is 8.14. The van der Waals surface area contributed by atoms with E-state index < -0.39 is 17.5 Å². The second-order valence-corrected chi connectivity index (χ2v) is 4.87. The van der Waals surface area contributed by atoms with Gasteiger partial charge in [-0.3, -0.25) is 4.79 Å². The maximum Gasteiger partial charge on any atom is 0.248 e. The summed E-state index contributed by atoms with van der Waals surface area (Å²) in [6, 6.07) is 6.24. The Hall–Kier alpha value is -3.09. The minimum atomic E-state index is -0.856. The smallest absolute Gasteiger partial charge is 0.248 e. The second-order valence-electron chi connectivity index (χ2n) is 4.87. The summed E-state index contributed by atoms with van der Waals surface area (Å²) >= 11 is 0. The molecule has 0 heterocycles. The van der Waals surface area contributed by atoms with Crippen molar-refractivity contribution in [3.8, 4) is 17.2 Å². The molecule has 0 aliphatic rings. The Kier molecular flexibility index (Phi) is 5.94. The molecular weight excluding hydrogens is 332 g/mol. The van der Waals surface area contributed by atoms with Crippen molar-refractivity contribution in [2.75, 3.05) is 26.6 Å². The lowest BCUT2D eigenvalue weighted by Crippen LogP contribution is -2.09. The summed E-state index contributed by atoms with van der Waals surface area (Å²) in [6.45, 7) is 0. The van der Waals surface area contributed by atoms with Gasteiger partial charge in [0.05, 0.1) is 27.0 Å². The van der Waals surface area contributed by atoms with E-state index in [0.717, 1.165) is 12.1 Å². The number of amides is 1. The first-order chi connectivity index (χ1) is 12.0. The SMILES string of the molecule is COc1ccc(/C=C/C(=O)Nc2ccc(F)cc2F)c(OC)c1OC. The topological polar surface area (TPSA) is 56.8 Å². The number of carbonyl (C=O) groups is 1. The van der Waals surface area contributed by atoms with Gasteiger partial charge in [0.25, 0.3) is 0 Å². The number of hydrogen-bond donors (Lipinski definition) is 1. The summed E-state index contributed by atoms with van der Waals surface area (Å²) < 4.78 is 42.2. The van der Waals surface area contributed by atoms with E-state index in [0.29, 0.717) is 28.9 Å². The third-order valence-electron chi connectivity index (χ3n) is 3.34. The van der Waals surface area contributed by atoms with Gasteiger partial charge in [-0.1, -0.05) is 0 Å². The number of rotatable bonds is 6. The first kappa shape index (κ1) is 18.3. The highest BCUT2D eigenvalue weighted by Crippen LogP contribution is 2.40. The van der Waals surface area contributed by atoms with Crippen molar-refractivity contribution in [1.29, 1.82) is 0 Å². The molecule has 25 heavy (non-hydrogen) atoms. The highest BCUT2D eigenvalue weighted by atomic mass is 19.1. The van der Waals surface area contributed by atoms with Gasteiger partial charge in [-0.05, 0) is 30.3 Å². The Balaban J connectivity index is 2.22. The van der Waals surface area contributed by atoms with Crippen molar-refractivity contribution in [1.82, 2.24) is 0 Å². The molecule has 0 bridgehead atoms. The van der Waals surface area contributed by atoms with Crippen LogP contribution in [0.5, 0.6) is 17.2 Å². The minimum absolute atomic E-state index is 0.115. The number of carbonyl (C=O) groups excluding carboxylic acids is 1. The lowest BCUT2D eigenvalue weighted by molar-refractivity contribution is -0.111. The van der Waals surface area contributed by atoms with E-state index in [4.69, 9.17) is 14.2 Å².